The summed E-state index contributed by atoms with van der Waals surface area (Å²) < 4.78 is 5.27. The second kappa shape index (κ2) is 9.36. The Labute approximate surface area is 155 Å². The molecule has 0 aliphatic rings. The van der Waals surface area contributed by atoms with Gasteiger partial charge in [0.15, 0.2) is 6.10 Å². The van der Waals surface area contributed by atoms with Gasteiger partial charge >= 0.3 is 5.97 Å². The maximum Gasteiger partial charge on any atom is 0.329 e. The Balaban J connectivity index is 2.66. The predicted octanol–water partition coefficient (Wildman–Crippen LogP) is 2.22. The zero-order valence-electron chi connectivity index (χ0n) is 16.5. The molecule has 1 rings (SSSR count). The summed E-state index contributed by atoms with van der Waals surface area (Å²) in [5.74, 6) is -1.42. The minimum atomic E-state index is -0.936. The number of rotatable bonds is 7. The van der Waals surface area contributed by atoms with Crippen molar-refractivity contribution in [1.29, 1.82) is 0 Å². The lowest BCUT2D eigenvalue weighted by atomic mass is 10.0. The first-order valence-electron chi connectivity index (χ1n) is 8.85. The highest BCUT2D eigenvalue weighted by Crippen LogP contribution is 2.09. The molecule has 144 valence electrons. The molecule has 0 saturated carbocycles. The lowest BCUT2D eigenvalue weighted by Crippen LogP contribution is -2.50. The molecule has 0 bridgehead atoms. The SMILES string of the molecule is CC(C)[C@H](NC(=O)Cc1ccccc1)C(=O)O[C@@H](C)C(=O)NC(C)(C)C. The van der Waals surface area contributed by atoms with Crippen molar-refractivity contribution in [1.82, 2.24) is 10.6 Å². The van der Waals surface area contributed by atoms with Gasteiger partial charge in [0, 0.05) is 5.54 Å². The second-order valence-corrected chi connectivity index (χ2v) is 7.77. The first kappa shape index (κ1) is 21.7. The van der Waals surface area contributed by atoms with Crippen LogP contribution in [0.4, 0.5) is 0 Å². The highest BCUT2D eigenvalue weighted by Gasteiger charge is 2.29. The monoisotopic (exact) mass is 362 g/mol. The molecule has 0 aliphatic heterocycles. The molecule has 0 aliphatic carbocycles. The van der Waals surface area contributed by atoms with Crippen LogP contribution in [0.1, 0.15) is 47.1 Å². The summed E-state index contributed by atoms with van der Waals surface area (Å²) in [6.45, 7) is 10.7. The predicted molar refractivity (Wildman–Crippen MR) is 100 cm³/mol. The average Bonchev–Trinajstić information content (AvgIpc) is 2.51. The largest absolute Gasteiger partial charge is 0.451 e. The third-order valence-corrected chi connectivity index (χ3v) is 3.60. The fraction of sp³-hybridized carbons (Fsp3) is 0.550. The molecular formula is C20H30N2O4. The van der Waals surface area contributed by atoms with Gasteiger partial charge in [-0.15, -0.1) is 0 Å². The Morgan fingerprint density at radius 1 is 1.04 bits per heavy atom. The van der Waals surface area contributed by atoms with Crippen LogP contribution in [0.25, 0.3) is 0 Å². The van der Waals surface area contributed by atoms with Gasteiger partial charge in [-0.3, -0.25) is 9.59 Å². The Morgan fingerprint density at radius 2 is 1.62 bits per heavy atom. The van der Waals surface area contributed by atoms with E-state index < -0.39 is 23.7 Å². The number of esters is 1. The molecule has 6 heteroatoms. The van der Waals surface area contributed by atoms with Crippen molar-refractivity contribution in [3.8, 4) is 0 Å². The van der Waals surface area contributed by atoms with Gasteiger partial charge in [0.2, 0.25) is 5.91 Å². The van der Waals surface area contributed by atoms with E-state index >= 15 is 0 Å². The summed E-state index contributed by atoms with van der Waals surface area (Å²) in [6, 6.07) is 8.47. The molecule has 0 unspecified atom stereocenters. The molecule has 2 N–H and O–H groups in total. The number of carbonyl (C=O) groups is 3. The molecule has 0 saturated heterocycles. The van der Waals surface area contributed by atoms with E-state index in [4.69, 9.17) is 4.74 Å². The number of benzene rings is 1. The van der Waals surface area contributed by atoms with Crippen molar-refractivity contribution in [2.24, 2.45) is 5.92 Å². The van der Waals surface area contributed by atoms with Crippen LogP contribution in [0.3, 0.4) is 0 Å². The van der Waals surface area contributed by atoms with E-state index in [1.807, 2.05) is 65.0 Å². The van der Waals surface area contributed by atoms with E-state index in [-0.39, 0.29) is 24.2 Å². The Kier molecular flexibility index (Phi) is 7.80. The van der Waals surface area contributed by atoms with Gasteiger partial charge < -0.3 is 15.4 Å². The zero-order chi connectivity index (χ0) is 19.9. The van der Waals surface area contributed by atoms with Crippen molar-refractivity contribution in [2.75, 3.05) is 0 Å². The van der Waals surface area contributed by atoms with E-state index in [0.717, 1.165) is 5.56 Å². The quantitative estimate of drug-likeness (QED) is 0.729. The Morgan fingerprint density at radius 3 is 2.12 bits per heavy atom. The number of ether oxygens (including phenoxy) is 1. The average molecular weight is 362 g/mol. The first-order chi connectivity index (χ1) is 12.0. The summed E-state index contributed by atoms with van der Waals surface area (Å²) in [4.78, 5) is 36.8. The van der Waals surface area contributed by atoms with Crippen LogP contribution in [0, 0.1) is 5.92 Å². The van der Waals surface area contributed by atoms with Gasteiger partial charge in [-0.05, 0) is 39.2 Å². The van der Waals surface area contributed by atoms with E-state index in [9.17, 15) is 14.4 Å². The molecule has 0 spiro atoms. The lowest BCUT2D eigenvalue weighted by Gasteiger charge is -2.25. The van der Waals surface area contributed by atoms with Gasteiger partial charge in [0.05, 0.1) is 6.42 Å². The van der Waals surface area contributed by atoms with E-state index in [2.05, 4.69) is 10.6 Å². The molecule has 1 aromatic rings. The Bertz CT molecular complexity index is 620. The van der Waals surface area contributed by atoms with E-state index in [1.165, 1.54) is 6.92 Å². The lowest BCUT2D eigenvalue weighted by molar-refractivity contribution is -0.159. The zero-order valence-corrected chi connectivity index (χ0v) is 16.5. The highest BCUT2D eigenvalue weighted by molar-refractivity contribution is 5.88. The van der Waals surface area contributed by atoms with E-state index in [1.54, 1.807) is 0 Å². The summed E-state index contributed by atoms with van der Waals surface area (Å²) in [5.41, 5.74) is 0.442. The van der Waals surface area contributed by atoms with Crippen molar-refractivity contribution >= 4 is 17.8 Å². The molecular weight excluding hydrogens is 332 g/mol. The maximum absolute atomic E-state index is 12.4. The first-order valence-corrected chi connectivity index (χ1v) is 8.85. The van der Waals surface area contributed by atoms with Crippen molar-refractivity contribution < 1.29 is 19.1 Å². The van der Waals surface area contributed by atoms with Crippen LogP contribution >= 0.6 is 0 Å². The van der Waals surface area contributed by atoms with Crippen molar-refractivity contribution in [3.63, 3.8) is 0 Å². The van der Waals surface area contributed by atoms with Gasteiger partial charge in [-0.25, -0.2) is 4.79 Å². The number of hydrogen-bond acceptors (Lipinski definition) is 4. The number of nitrogens with one attached hydrogen (secondary N) is 2. The van der Waals surface area contributed by atoms with Crippen molar-refractivity contribution in [3.05, 3.63) is 35.9 Å². The number of amides is 2. The minimum absolute atomic E-state index is 0.167. The smallest absolute Gasteiger partial charge is 0.329 e. The van der Waals surface area contributed by atoms with Gasteiger partial charge in [0.25, 0.3) is 5.91 Å². The fourth-order valence-electron chi connectivity index (χ4n) is 2.28. The summed E-state index contributed by atoms with van der Waals surface area (Å²) >= 11 is 0. The third-order valence-electron chi connectivity index (χ3n) is 3.60. The molecule has 0 aromatic heterocycles. The summed E-state index contributed by atoms with van der Waals surface area (Å²) in [7, 11) is 0. The number of carbonyl (C=O) groups excluding carboxylic acids is 3. The molecule has 0 radical (unpaired) electrons. The molecule has 1 aromatic carbocycles. The van der Waals surface area contributed by atoms with Crippen LogP contribution in [0.2, 0.25) is 0 Å². The van der Waals surface area contributed by atoms with Crippen LogP contribution in [-0.4, -0.2) is 35.5 Å². The highest BCUT2D eigenvalue weighted by atomic mass is 16.5. The molecule has 0 fully saturated rings. The molecule has 26 heavy (non-hydrogen) atoms. The van der Waals surface area contributed by atoms with Crippen LogP contribution in [-0.2, 0) is 25.5 Å². The summed E-state index contributed by atoms with van der Waals surface area (Å²) in [6.07, 6.45) is -0.758. The minimum Gasteiger partial charge on any atom is -0.451 e. The standard InChI is InChI=1S/C20H30N2O4/c1-13(2)17(21-16(23)12-15-10-8-7-9-11-15)19(25)26-14(3)18(24)22-20(4,5)6/h7-11,13-14,17H,12H2,1-6H3,(H,21,23)(H,22,24)/t14-,17-/m0/s1. The van der Waals surface area contributed by atoms with Crippen molar-refractivity contribution in [2.45, 2.75) is 65.6 Å². The third kappa shape index (κ3) is 7.68. The second-order valence-electron chi connectivity index (χ2n) is 7.77. The van der Waals surface area contributed by atoms with Gasteiger partial charge in [-0.2, -0.15) is 0 Å². The molecule has 2 atom stereocenters. The van der Waals surface area contributed by atoms with E-state index in [0.29, 0.717) is 0 Å². The van der Waals surface area contributed by atoms with Gasteiger partial charge in [-0.1, -0.05) is 44.2 Å². The number of hydrogen-bond donors (Lipinski definition) is 2. The molecule has 0 heterocycles. The Hall–Kier alpha value is -2.37. The topological polar surface area (TPSA) is 84.5 Å². The summed E-state index contributed by atoms with van der Waals surface area (Å²) in [5, 5.41) is 5.47. The molecule has 6 nitrogen and oxygen atoms in total. The van der Waals surface area contributed by atoms with Crippen LogP contribution in [0.5, 0.6) is 0 Å². The molecule has 2 amide bonds. The van der Waals surface area contributed by atoms with Crippen LogP contribution < -0.4 is 10.6 Å². The maximum atomic E-state index is 12.4. The normalized spacial score (nSPS) is 13.7. The van der Waals surface area contributed by atoms with Crippen LogP contribution in [0.15, 0.2) is 30.3 Å². The van der Waals surface area contributed by atoms with Gasteiger partial charge in [0.1, 0.15) is 6.04 Å². The fourth-order valence-corrected chi connectivity index (χ4v) is 2.28.